The van der Waals surface area contributed by atoms with Crippen molar-refractivity contribution < 1.29 is 0 Å². The fraction of sp³-hybridized carbons (Fsp3) is 0.0625. The van der Waals surface area contributed by atoms with Gasteiger partial charge in [0.2, 0.25) is 0 Å². The minimum Gasteiger partial charge on any atom is -0.309 e. The van der Waals surface area contributed by atoms with Gasteiger partial charge < -0.3 is 4.90 Å². The molecule has 7 aromatic carbocycles. The molecule has 1 aromatic heterocycles. The Bertz CT molecular complexity index is 2590. The monoisotopic (exact) mass is 638 g/mol. The minimum absolute atomic E-state index is 0.0984. The number of benzene rings is 7. The van der Waals surface area contributed by atoms with Gasteiger partial charge in [-0.1, -0.05) is 147 Å². The molecule has 0 unspecified atom stereocenters. The highest BCUT2D eigenvalue weighted by molar-refractivity contribution is 6.17. The maximum atomic E-state index is 4.96. The van der Waals surface area contributed by atoms with Crippen LogP contribution in [0.2, 0.25) is 0 Å². The normalized spacial score (nSPS) is 13.2. The van der Waals surface area contributed by atoms with Crippen LogP contribution in [0.5, 0.6) is 0 Å². The summed E-state index contributed by atoms with van der Waals surface area (Å²) in [6.07, 6.45) is 1.96. The Kier molecular flexibility index (Phi) is 6.25. The van der Waals surface area contributed by atoms with E-state index in [1.807, 2.05) is 6.20 Å². The number of para-hydroxylation sites is 1. The quantitative estimate of drug-likeness (QED) is 0.186. The summed E-state index contributed by atoms with van der Waals surface area (Å²) in [7, 11) is 0. The second kappa shape index (κ2) is 10.9. The van der Waals surface area contributed by atoms with Crippen molar-refractivity contribution in [3.05, 3.63) is 181 Å². The van der Waals surface area contributed by atoms with E-state index < -0.39 is 0 Å². The maximum absolute atomic E-state index is 4.96. The smallest absolute Gasteiger partial charge is 0.0792 e. The van der Waals surface area contributed by atoms with Crippen molar-refractivity contribution in [3.8, 4) is 55.6 Å². The fourth-order valence-electron chi connectivity index (χ4n) is 8.55. The summed E-state index contributed by atoms with van der Waals surface area (Å²) in [5.41, 5.74) is 19.5. The molecule has 0 saturated heterocycles. The fourth-order valence-corrected chi connectivity index (χ4v) is 8.55. The predicted molar refractivity (Wildman–Crippen MR) is 209 cm³/mol. The average molecular weight is 639 g/mol. The predicted octanol–water partition coefficient (Wildman–Crippen LogP) is 13.0. The number of rotatable bonds is 5. The standard InChI is InChI=1S/C48H34N2/c1-48(2)41-19-10-8-18-40(41)46-42(48)20-12-22-44(46)50(43-21-11-9-15-34(43)31-13-4-3-5-14-31)33-25-23-32(24-26-33)35-27-28-38-36-16-6-7-17-37(36)39-29-30-49-47(35)45(38)39/h3-30H,1-2H3. The lowest BCUT2D eigenvalue weighted by molar-refractivity contribution is 0.660. The van der Waals surface area contributed by atoms with Gasteiger partial charge in [-0.3, -0.25) is 4.98 Å². The van der Waals surface area contributed by atoms with Crippen LogP contribution in [0.15, 0.2) is 170 Å². The topological polar surface area (TPSA) is 16.1 Å². The van der Waals surface area contributed by atoms with Gasteiger partial charge in [-0.05, 0) is 80.4 Å². The summed E-state index contributed by atoms with van der Waals surface area (Å²) in [6, 6.07) is 59.7. The number of fused-ring (bicyclic) bond motifs is 6. The lowest BCUT2D eigenvalue weighted by Crippen LogP contribution is -2.16. The van der Waals surface area contributed by atoms with E-state index in [0.29, 0.717) is 0 Å². The van der Waals surface area contributed by atoms with Gasteiger partial charge in [0, 0.05) is 39.4 Å². The highest BCUT2D eigenvalue weighted by atomic mass is 15.1. The zero-order chi connectivity index (χ0) is 33.4. The first kappa shape index (κ1) is 28.7. The summed E-state index contributed by atoms with van der Waals surface area (Å²) in [4.78, 5) is 7.43. The summed E-state index contributed by atoms with van der Waals surface area (Å²) in [5.74, 6) is 0. The highest BCUT2D eigenvalue weighted by Gasteiger charge is 2.38. The molecule has 2 aliphatic carbocycles. The van der Waals surface area contributed by atoms with Gasteiger partial charge in [0.15, 0.2) is 0 Å². The molecule has 1 heterocycles. The molecule has 50 heavy (non-hydrogen) atoms. The molecule has 8 aromatic rings. The molecule has 0 bridgehead atoms. The Morgan fingerprint density at radius 3 is 1.78 bits per heavy atom. The third-order valence-corrected chi connectivity index (χ3v) is 10.9. The van der Waals surface area contributed by atoms with Crippen LogP contribution in [0.1, 0.15) is 25.0 Å². The molecular formula is C48H34N2. The van der Waals surface area contributed by atoms with E-state index in [2.05, 4.69) is 183 Å². The third-order valence-electron chi connectivity index (χ3n) is 10.9. The lowest BCUT2D eigenvalue weighted by Gasteiger charge is -2.30. The third kappa shape index (κ3) is 4.12. The number of hydrogen-bond donors (Lipinski definition) is 0. The van der Waals surface area contributed by atoms with Crippen LogP contribution in [-0.4, -0.2) is 4.98 Å². The first-order valence-corrected chi connectivity index (χ1v) is 17.4. The van der Waals surface area contributed by atoms with Crippen LogP contribution in [0, 0.1) is 0 Å². The molecule has 2 aliphatic rings. The Morgan fingerprint density at radius 1 is 0.420 bits per heavy atom. The minimum atomic E-state index is -0.0984. The van der Waals surface area contributed by atoms with E-state index in [-0.39, 0.29) is 5.41 Å². The van der Waals surface area contributed by atoms with Crippen LogP contribution in [-0.2, 0) is 5.41 Å². The van der Waals surface area contributed by atoms with E-state index in [4.69, 9.17) is 4.98 Å². The second-order valence-electron chi connectivity index (χ2n) is 13.9. The van der Waals surface area contributed by atoms with Crippen LogP contribution >= 0.6 is 0 Å². The van der Waals surface area contributed by atoms with Gasteiger partial charge in [0.05, 0.1) is 16.9 Å². The molecule has 0 atom stereocenters. The van der Waals surface area contributed by atoms with Gasteiger partial charge in [0.25, 0.3) is 0 Å². The van der Waals surface area contributed by atoms with Gasteiger partial charge >= 0.3 is 0 Å². The number of nitrogens with zero attached hydrogens (tertiary/aromatic N) is 2. The number of pyridine rings is 1. The molecule has 0 amide bonds. The van der Waals surface area contributed by atoms with E-state index in [0.717, 1.165) is 28.0 Å². The Balaban J connectivity index is 1.17. The first-order chi connectivity index (χ1) is 24.6. The molecule has 0 N–H and O–H groups in total. The molecule has 0 fully saturated rings. The van der Waals surface area contributed by atoms with Crippen LogP contribution < -0.4 is 4.90 Å². The summed E-state index contributed by atoms with van der Waals surface area (Å²) < 4.78 is 0. The SMILES string of the molecule is CC1(C)c2ccccc2-c2c(N(c3ccc(-c4ccc5c6c(ccnc46)-c4ccccc4-5)cc3)c3ccccc3-c3ccccc3)cccc21. The molecular weight excluding hydrogens is 605 g/mol. The van der Waals surface area contributed by atoms with Crippen molar-refractivity contribution in [3.63, 3.8) is 0 Å². The summed E-state index contributed by atoms with van der Waals surface area (Å²) in [5, 5.41) is 1.25. The van der Waals surface area contributed by atoms with Gasteiger partial charge in [0.1, 0.15) is 0 Å². The van der Waals surface area contributed by atoms with Crippen molar-refractivity contribution in [2.24, 2.45) is 0 Å². The summed E-state index contributed by atoms with van der Waals surface area (Å²) >= 11 is 0. The van der Waals surface area contributed by atoms with E-state index in [9.17, 15) is 0 Å². The lowest BCUT2D eigenvalue weighted by atomic mass is 9.82. The van der Waals surface area contributed by atoms with E-state index >= 15 is 0 Å². The van der Waals surface area contributed by atoms with E-state index in [1.165, 1.54) is 66.7 Å². The first-order valence-electron chi connectivity index (χ1n) is 17.4. The molecule has 0 saturated carbocycles. The molecule has 0 radical (unpaired) electrons. The van der Waals surface area contributed by atoms with Crippen molar-refractivity contribution in [2.75, 3.05) is 4.90 Å². The van der Waals surface area contributed by atoms with Gasteiger partial charge in [-0.2, -0.15) is 0 Å². The Hall–Kier alpha value is -6.25. The van der Waals surface area contributed by atoms with Crippen molar-refractivity contribution in [1.82, 2.24) is 4.98 Å². The Labute approximate surface area is 293 Å². The zero-order valence-corrected chi connectivity index (χ0v) is 28.1. The molecule has 2 nitrogen and oxygen atoms in total. The van der Waals surface area contributed by atoms with Gasteiger partial charge in [-0.15, -0.1) is 0 Å². The second-order valence-corrected chi connectivity index (χ2v) is 13.9. The Morgan fingerprint density at radius 2 is 1.00 bits per heavy atom. The molecule has 10 rings (SSSR count). The van der Waals surface area contributed by atoms with Crippen LogP contribution in [0.4, 0.5) is 17.1 Å². The number of hydrogen-bond acceptors (Lipinski definition) is 2. The van der Waals surface area contributed by atoms with Crippen molar-refractivity contribution in [2.45, 2.75) is 19.3 Å². The van der Waals surface area contributed by atoms with Crippen LogP contribution in [0.25, 0.3) is 66.5 Å². The van der Waals surface area contributed by atoms with E-state index in [1.54, 1.807) is 0 Å². The molecule has 0 spiro atoms. The number of aromatic nitrogens is 1. The molecule has 2 heteroatoms. The molecule has 0 aliphatic heterocycles. The zero-order valence-electron chi connectivity index (χ0n) is 28.1. The largest absolute Gasteiger partial charge is 0.309 e. The van der Waals surface area contributed by atoms with Crippen LogP contribution in [0.3, 0.4) is 0 Å². The average Bonchev–Trinajstić information content (AvgIpc) is 3.63. The van der Waals surface area contributed by atoms with Crippen molar-refractivity contribution >= 4 is 28.0 Å². The van der Waals surface area contributed by atoms with Crippen molar-refractivity contribution in [1.29, 1.82) is 0 Å². The highest BCUT2D eigenvalue weighted by Crippen LogP contribution is 2.55. The molecule has 236 valence electrons. The van der Waals surface area contributed by atoms with Gasteiger partial charge in [-0.25, -0.2) is 0 Å². The number of anilines is 3. The maximum Gasteiger partial charge on any atom is 0.0792 e. The summed E-state index contributed by atoms with van der Waals surface area (Å²) in [6.45, 7) is 4.70.